The first-order chi connectivity index (χ1) is 12.8. The number of methoxy groups -OCH3 is 2. The quantitative estimate of drug-likeness (QED) is 0.429. The standard InChI is InChI=1S/C23H21NO2/c1-25-22-13-7-19(8-14-22)4-3-18-5-11-21(12-6-18)24-17-20-9-15-23(26-2)16-10-20/h3-17H,1-2H3. The maximum Gasteiger partial charge on any atom is 0.118 e. The normalized spacial score (nSPS) is 11.2. The molecule has 0 aliphatic carbocycles. The molecule has 0 aromatic heterocycles. The van der Waals surface area contributed by atoms with Crippen LogP contribution in [0.2, 0.25) is 0 Å². The SMILES string of the molecule is COc1ccc(C=Cc2ccc(N=Cc3ccc(OC)cc3)cc2)cc1. The number of ether oxygens (including phenoxy) is 2. The van der Waals surface area contributed by atoms with Crippen LogP contribution in [0.15, 0.2) is 77.8 Å². The Balaban J connectivity index is 1.63. The van der Waals surface area contributed by atoms with Crippen LogP contribution >= 0.6 is 0 Å². The van der Waals surface area contributed by atoms with Gasteiger partial charge in [-0.2, -0.15) is 0 Å². The second-order valence-corrected chi connectivity index (χ2v) is 5.73. The van der Waals surface area contributed by atoms with Gasteiger partial charge in [0.1, 0.15) is 11.5 Å². The van der Waals surface area contributed by atoms with E-state index in [-0.39, 0.29) is 0 Å². The Bertz CT molecular complexity index is 801. The molecule has 0 saturated heterocycles. The van der Waals surface area contributed by atoms with Gasteiger partial charge in [-0.3, -0.25) is 4.99 Å². The number of rotatable bonds is 6. The Hall–Kier alpha value is -3.33. The van der Waals surface area contributed by atoms with E-state index in [1.807, 2.05) is 66.9 Å². The summed E-state index contributed by atoms with van der Waals surface area (Å²) in [4.78, 5) is 4.51. The van der Waals surface area contributed by atoms with Gasteiger partial charge >= 0.3 is 0 Å². The monoisotopic (exact) mass is 343 g/mol. The van der Waals surface area contributed by atoms with Gasteiger partial charge in [-0.25, -0.2) is 0 Å². The van der Waals surface area contributed by atoms with E-state index in [0.717, 1.165) is 33.9 Å². The van der Waals surface area contributed by atoms with Crippen molar-refractivity contribution < 1.29 is 9.47 Å². The van der Waals surface area contributed by atoms with Crippen molar-refractivity contribution >= 4 is 24.1 Å². The van der Waals surface area contributed by atoms with Crippen molar-refractivity contribution in [3.05, 3.63) is 89.5 Å². The molecule has 0 heterocycles. The molecule has 0 amide bonds. The maximum atomic E-state index is 5.17. The lowest BCUT2D eigenvalue weighted by molar-refractivity contribution is 0.414. The minimum absolute atomic E-state index is 0.843. The van der Waals surface area contributed by atoms with Gasteiger partial charge in [-0.15, -0.1) is 0 Å². The van der Waals surface area contributed by atoms with Crippen molar-refractivity contribution in [3.8, 4) is 11.5 Å². The fourth-order valence-electron chi connectivity index (χ4n) is 2.42. The average molecular weight is 343 g/mol. The van der Waals surface area contributed by atoms with Crippen molar-refractivity contribution in [1.29, 1.82) is 0 Å². The molecule has 3 rings (SSSR count). The van der Waals surface area contributed by atoms with Crippen LogP contribution in [-0.4, -0.2) is 20.4 Å². The minimum Gasteiger partial charge on any atom is -0.497 e. The van der Waals surface area contributed by atoms with Crippen LogP contribution in [-0.2, 0) is 0 Å². The molecule has 0 bridgehead atoms. The topological polar surface area (TPSA) is 30.8 Å². The van der Waals surface area contributed by atoms with Crippen LogP contribution in [0.3, 0.4) is 0 Å². The fourth-order valence-corrected chi connectivity index (χ4v) is 2.42. The summed E-state index contributed by atoms with van der Waals surface area (Å²) in [7, 11) is 3.33. The zero-order chi connectivity index (χ0) is 18.2. The molecule has 130 valence electrons. The lowest BCUT2D eigenvalue weighted by Gasteiger charge is -2.00. The fraction of sp³-hybridized carbons (Fsp3) is 0.0870. The largest absolute Gasteiger partial charge is 0.497 e. The molecule has 0 fully saturated rings. The van der Waals surface area contributed by atoms with Crippen LogP contribution in [0.5, 0.6) is 11.5 Å². The summed E-state index contributed by atoms with van der Waals surface area (Å²) in [5.74, 6) is 1.70. The zero-order valence-corrected chi connectivity index (χ0v) is 14.9. The zero-order valence-electron chi connectivity index (χ0n) is 14.9. The molecule has 0 aliphatic rings. The molecule has 3 aromatic carbocycles. The van der Waals surface area contributed by atoms with Crippen LogP contribution in [0, 0.1) is 0 Å². The van der Waals surface area contributed by atoms with Gasteiger partial charge in [0.2, 0.25) is 0 Å². The third kappa shape index (κ3) is 4.84. The number of aliphatic imine (C=N–C) groups is 1. The average Bonchev–Trinajstić information content (AvgIpc) is 2.72. The van der Waals surface area contributed by atoms with Gasteiger partial charge in [0.25, 0.3) is 0 Å². The molecule has 0 radical (unpaired) electrons. The summed E-state index contributed by atoms with van der Waals surface area (Å²) < 4.78 is 10.3. The molecule has 0 atom stereocenters. The van der Waals surface area contributed by atoms with E-state index in [2.05, 4.69) is 29.3 Å². The molecule has 0 aliphatic heterocycles. The highest BCUT2D eigenvalue weighted by atomic mass is 16.5. The number of nitrogens with zero attached hydrogens (tertiary/aromatic N) is 1. The van der Waals surface area contributed by atoms with E-state index >= 15 is 0 Å². The Morgan fingerprint density at radius 2 is 1.00 bits per heavy atom. The van der Waals surface area contributed by atoms with E-state index in [0.29, 0.717) is 0 Å². The van der Waals surface area contributed by atoms with Gasteiger partial charge in [-0.05, 0) is 65.2 Å². The van der Waals surface area contributed by atoms with E-state index in [1.165, 1.54) is 0 Å². The van der Waals surface area contributed by atoms with Crippen molar-refractivity contribution in [3.63, 3.8) is 0 Å². The van der Waals surface area contributed by atoms with E-state index < -0.39 is 0 Å². The molecular formula is C23H21NO2. The van der Waals surface area contributed by atoms with Crippen LogP contribution in [0.1, 0.15) is 16.7 Å². The first-order valence-corrected chi connectivity index (χ1v) is 8.37. The van der Waals surface area contributed by atoms with E-state index in [9.17, 15) is 0 Å². The Kier molecular flexibility index (Phi) is 5.84. The van der Waals surface area contributed by atoms with Crippen molar-refractivity contribution in [1.82, 2.24) is 0 Å². The van der Waals surface area contributed by atoms with Crippen molar-refractivity contribution in [2.75, 3.05) is 14.2 Å². The van der Waals surface area contributed by atoms with E-state index in [4.69, 9.17) is 9.47 Å². The minimum atomic E-state index is 0.843. The molecule has 0 saturated carbocycles. The Morgan fingerprint density at radius 1 is 0.577 bits per heavy atom. The summed E-state index contributed by atoms with van der Waals surface area (Å²) >= 11 is 0. The van der Waals surface area contributed by atoms with Gasteiger partial charge in [0, 0.05) is 6.21 Å². The highest BCUT2D eigenvalue weighted by molar-refractivity contribution is 5.82. The molecule has 3 aromatic rings. The second kappa shape index (κ2) is 8.67. The van der Waals surface area contributed by atoms with Gasteiger partial charge < -0.3 is 9.47 Å². The smallest absolute Gasteiger partial charge is 0.118 e. The number of benzene rings is 3. The highest BCUT2D eigenvalue weighted by Crippen LogP contribution is 2.17. The highest BCUT2D eigenvalue weighted by Gasteiger charge is 1.94. The van der Waals surface area contributed by atoms with Gasteiger partial charge in [0.15, 0.2) is 0 Å². The summed E-state index contributed by atoms with van der Waals surface area (Å²) in [5, 5.41) is 0. The third-order valence-corrected chi connectivity index (χ3v) is 3.96. The molecule has 26 heavy (non-hydrogen) atoms. The van der Waals surface area contributed by atoms with Crippen molar-refractivity contribution in [2.24, 2.45) is 4.99 Å². The lowest BCUT2D eigenvalue weighted by atomic mass is 10.1. The molecule has 3 nitrogen and oxygen atoms in total. The predicted octanol–water partition coefficient (Wildman–Crippen LogP) is 5.62. The molecular weight excluding hydrogens is 322 g/mol. The maximum absolute atomic E-state index is 5.17. The predicted molar refractivity (Wildman–Crippen MR) is 109 cm³/mol. The van der Waals surface area contributed by atoms with Crippen LogP contribution < -0.4 is 9.47 Å². The third-order valence-electron chi connectivity index (χ3n) is 3.96. The summed E-state index contributed by atoms with van der Waals surface area (Å²) in [5.41, 5.74) is 4.22. The molecule has 3 heteroatoms. The van der Waals surface area contributed by atoms with Crippen molar-refractivity contribution in [2.45, 2.75) is 0 Å². The summed E-state index contributed by atoms with van der Waals surface area (Å²) in [6, 6.07) is 23.9. The number of hydrogen-bond acceptors (Lipinski definition) is 3. The summed E-state index contributed by atoms with van der Waals surface area (Å²) in [6.45, 7) is 0. The van der Waals surface area contributed by atoms with Gasteiger partial charge in [-0.1, -0.05) is 36.4 Å². The van der Waals surface area contributed by atoms with Crippen LogP contribution in [0.25, 0.3) is 12.2 Å². The molecule has 0 spiro atoms. The Morgan fingerprint density at radius 3 is 1.46 bits per heavy atom. The first kappa shape index (κ1) is 17.5. The summed E-state index contributed by atoms with van der Waals surface area (Å²) in [6.07, 6.45) is 6.01. The molecule has 0 N–H and O–H groups in total. The van der Waals surface area contributed by atoms with E-state index in [1.54, 1.807) is 14.2 Å². The molecule has 0 unspecified atom stereocenters. The second-order valence-electron chi connectivity index (χ2n) is 5.73. The lowest BCUT2D eigenvalue weighted by Crippen LogP contribution is -1.84. The van der Waals surface area contributed by atoms with Gasteiger partial charge in [0.05, 0.1) is 19.9 Å². The Labute approximate surface area is 154 Å². The van der Waals surface area contributed by atoms with Crippen LogP contribution in [0.4, 0.5) is 5.69 Å². The number of hydrogen-bond donors (Lipinski definition) is 0. The first-order valence-electron chi connectivity index (χ1n) is 8.37.